The average Bonchev–Trinajstić information content (AvgIpc) is 1.70. The maximum absolute atomic E-state index is 7.26. The summed E-state index contributed by atoms with van der Waals surface area (Å²) in [6, 6.07) is 0. The number of nitrogens with zero attached hydrogens (tertiary/aromatic N) is 3. The van der Waals surface area contributed by atoms with Crippen molar-refractivity contribution in [2.45, 2.75) is 0 Å². The van der Waals surface area contributed by atoms with E-state index in [1.807, 2.05) is 0 Å². The number of rotatable bonds is 0. The van der Waals surface area contributed by atoms with Crippen LogP contribution in [-0.4, -0.2) is 48.0 Å². The van der Waals surface area contributed by atoms with Gasteiger partial charge in [-0.05, 0) is 0 Å². The molecule has 0 fully saturated rings. The summed E-state index contributed by atoms with van der Waals surface area (Å²) in [4.78, 5) is 4.88. The fraction of sp³-hybridized carbons (Fsp3) is 0. The Balaban J connectivity index is -0.0000000257. The second-order valence-electron chi connectivity index (χ2n) is 0.274. The van der Waals surface area contributed by atoms with Crippen LogP contribution in [0.1, 0.15) is 0 Å². The Morgan fingerprint density at radius 1 is 0.700 bits per heavy atom. The molecule has 0 aromatic carbocycles. The summed E-state index contributed by atoms with van der Waals surface area (Å²) in [5.41, 5.74) is 0. The standard InChI is InChI=1S/3CNSe.Ru/c3*2-1-3;. The maximum atomic E-state index is 7.26. The number of hydrogen-bond acceptors (Lipinski definition) is 3. The minimum Gasteiger partial charge on any atom is 0 e. The molecule has 0 aromatic rings. The molecular formula is C3N3RuSe3. The zero-order valence-electron chi connectivity index (χ0n) is 4.42. The third kappa shape index (κ3) is 1190. The smallest absolute Gasteiger partial charge is 0 e. The van der Waals surface area contributed by atoms with Crippen LogP contribution in [-0.2, 0) is 19.5 Å². The maximum Gasteiger partial charge on any atom is 0 e. The van der Waals surface area contributed by atoms with Crippen molar-refractivity contribution in [1.82, 2.24) is 0 Å². The Morgan fingerprint density at radius 3 is 0.700 bits per heavy atom. The third-order valence-electron chi connectivity index (χ3n) is 0. The van der Waals surface area contributed by atoms with E-state index in [0.717, 1.165) is 0 Å². The molecule has 53 valence electrons. The fourth-order valence-corrected chi connectivity index (χ4v) is 0. The molecule has 7 heteroatoms. The molecule has 0 rings (SSSR count). The average molecular weight is 416 g/mol. The van der Waals surface area contributed by atoms with Gasteiger partial charge in [0.05, 0.1) is 0 Å². The van der Waals surface area contributed by atoms with Crippen molar-refractivity contribution in [1.29, 1.82) is 15.8 Å². The molecule has 0 N–H and O–H groups in total. The van der Waals surface area contributed by atoms with E-state index in [9.17, 15) is 0 Å². The molecule has 0 amide bonds. The minimum atomic E-state index is 0. The molecule has 0 atom stereocenters. The molecule has 3 radical (unpaired) electrons. The van der Waals surface area contributed by atoms with E-state index in [0.29, 0.717) is 0 Å². The molecule has 0 heterocycles. The van der Waals surface area contributed by atoms with Gasteiger partial charge in [-0.1, -0.05) is 0 Å². The Hall–Kier alpha value is 0.652. The summed E-state index contributed by atoms with van der Waals surface area (Å²) in [7, 11) is 0. The number of hydrogen-bond donors (Lipinski definition) is 0. The second-order valence-corrected chi connectivity index (χ2v) is 1.42. The van der Waals surface area contributed by atoms with Crippen LogP contribution >= 0.6 is 0 Å². The molecule has 0 saturated carbocycles. The fourth-order valence-electron chi connectivity index (χ4n) is 0. The molecule has 0 unspecified atom stereocenters. The van der Waals surface area contributed by atoms with Gasteiger partial charge in [-0.2, -0.15) is 0 Å². The van der Waals surface area contributed by atoms with Crippen LogP contribution in [0.4, 0.5) is 0 Å². The molecule has 0 saturated heterocycles. The molecule has 0 aliphatic heterocycles. The first kappa shape index (κ1) is 22.4. The quantitative estimate of drug-likeness (QED) is 0.472. The van der Waals surface area contributed by atoms with Crippen LogP contribution in [0.2, 0.25) is 0 Å². The van der Waals surface area contributed by atoms with Crippen molar-refractivity contribution in [3.63, 3.8) is 0 Å². The van der Waals surface area contributed by atoms with Gasteiger partial charge >= 0.3 is 78.7 Å². The van der Waals surface area contributed by atoms with Gasteiger partial charge < -0.3 is 0 Å². The van der Waals surface area contributed by atoms with E-state index in [2.05, 4.69) is 48.0 Å². The first-order valence-corrected chi connectivity index (χ1v) is 3.85. The van der Waals surface area contributed by atoms with Gasteiger partial charge in [0.2, 0.25) is 0 Å². The van der Waals surface area contributed by atoms with Gasteiger partial charge in [-0.15, -0.1) is 0 Å². The van der Waals surface area contributed by atoms with Crippen LogP contribution < -0.4 is 0 Å². The third-order valence-corrected chi connectivity index (χ3v) is 0. The predicted molar refractivity (Wildman–Crippen MR) is 34.1 cm³/mol. The van der Waals surface area contributed by atoms with E-state index in [-0.39, 0.29) is 19.5 Å². The molecule has 0 spiro atoms. The van der Waals surface area contributed by atoms with Gasteiger partial charge in [-0.3, -0.25) is 0 Å². The summed E-state index contributed by atoms with van der Waals surface area (Å²) >= 11 is 6.33. The van der Waals surface area contributed by atoms with Gasteiger partial charge in [0.25, 0.3) is 0 Å². The summed E-state index contributed by atoms with van der Waals surface area (Å²) < 4.78 is 0. The molecule has 0 bridgehead atoms. The first-order chi connectivity index (χ1) is 4.24. The van der Waals surface area contributed by atoms with Crippen LogP contribution in [0.3, 0.4) is 0 Å². The Bertz CT molecular complexity index is 112. The Kier molecular flexibility index (Phi) is 121. The van der Waals surface area contributed by atoms with E-state index >= 15 is 0 Å². The van der Waals surface area contributed by atoms with Crippen LogP contribution in [0.5, 0.6) is 0 Å². The SMILES string of the molecule is N#C[Se].N#C[Se].N#C[Se].[Ru]. The minimum absolute atomic E-state index is 0. The monoisotopic (exact) mass is 420 g/mol. The Labute approximate surface area is 97.3 Å². The molecule has 3 nitrogen and oxygen atoms in total. The zero-order valence-corrected chi connectivity index (χ0v) is 11.3. The van der Waals surface area contributed by atoms with Gasteiger partial charge in [-0.25, -0.2) is 0 Å². The van der Waals surface area contributed by atoms with Crippen LogP contribution in [0.25, 0.3) is 0 Å². The summed E-state index contributed by atoms with van der Waals surface area (Å²) in [5.74, 6) is 0. The Morgan fingerprint density at radius 2 is 0.700 bits per heavy atom. The van der Waals surface area contributed by atoms with Gasteiger partial charge in [0.1, 0.15) is 0 Å². The van der Waals surface area contributed by atoms with Crippen LogP contribution in [0, 0.1) is 30.7 Å². The van der Waals surface area contributed by atoms with E-state index in [1.54, 1.807) is 14.9 Å². The van der Waals surface area contributed by atoms with Crippen LogP contribution in [0.15, 0.2) is 0 Å². The van der Waals surface area contributed by atoms with Crippen molar-refractivity contribution < 1.29 is 19.5 Å². The summed E-state index contributed by atoms with van der Waals surface area (Å²) in [6.07, 6.45) is 0. The molecule has 0 aliphatic rings. The molecular weight excluding hydrogens is 416 g/mol. The normalized spacial score (nSPS) is 2.10. The first-order valence-electron chi connectivity index (χ1n) is 1.28. The van der Waals surface area contributed by atoms with Gasteiger partial charge in [0.15, 0.2) is 0 Å². The van der Waals surface area contributed by atoms with Crippen molar-refractivity contribution in [2.24, 2.45) is 0 Å². The topological polar surface area (TPSA) is 71.4 Å². The zero-order chi connectivity index (χ0) is 8.12. The predicted octanol–water partition coefficient (Wildman–Crippen LogP) is -1.09. The largest absolute Gasteiger partial charge is 0 e. The van der Waals surface area contributed by atoms with Crippen molar-refractivity contribution in [3.05, 3.63) is 0 Å². The van der Waals surface area contributed by atoms with Gasteiger partial charge in [0, 0.05) is 19.5 Å². The van der Waals surface area contributed by atoms with Crippen molar-refractivity contribution >= 4 is 48.0 Å². The molecule has 0 aromatic heterocycles. The second kappa shape index (κ2) is 54.2. The van der Waals surface area contributed by atoms with Crippen molar-refractivity contribution in [2.75, 3.05) is 0 Å². The van der Waals surface area contributed by atoms with E-state index in [4.69, 9.17) is 15.8 Å². The number of nitriles is 3. The van der Waals surface area contributed by atoms with E-state index < -0.39 is 0 Å². The molecule has 0 aliphatic carbocycles. The summed E-state index contributed by atoms with van der Waals surface area (Å²) in [6.45, 7) is 0. The van der Waals surface area contributed by atoms with E-state index in [1.165, 1.54) is 0 Å². The van der Waals surface area contributed by atoms with Crippen molar-refractivity contribution in [3.8, 4) is 14.9 Å². The molecule has 10 heavy (non-hydrogen) atoms. The summed E-state index contributed by atoms with van der Waals surface area (Å²) in [5, 5.41) is 21.8.